The summed E-state index contributed by atoms with van der Waals surface area (Å²) < 4.78 is 5.74. The van der Waals surface area contributed by atoms with Gasteiger partial charge in [-0.3, -0.25) is 4.79 Å². The van der Waals surface area contributed by atoms with Crippen molar-refractivity contribution in [3.63, 3.8) is 0 Å². The molecule has 0 aliphatic heterocycles. The smallest absolute Gasteiger partial charge is 0.246 e. The fourth-order valence-electron chi connectivity index (χ4n) is 3.41. The van der Waals surface area contributed by atoms with Crippen LogP contribution in [0.4, 0.5) is 0 Å². The highest BCUT2D eigenvalue weighted by Gasteiger charge is 2.29. The van der Waals surface area contributed by atoms with Gasteiger partial charge in [0, 0.05) is 6.54 Å². The summed E-state index contributed by atoms with van der Waals surface area (Å²) in [6, 6.07) is 0. The maximum atomic E-state index is 11.8. The average molecular weight is 283 g/mol. The first-order chi connectivity index (χ1) is 9.59. The second kappa shape index (κ2) is 7.41. The van der Waals surface area contributed by atoms with Crippen LogP contribution in [0.25, 0.3) is 0 Å². The van der Waals surface area contributed by atoms with Gasteiger partial charge in [0.25, 0.3) is 0 Å². The maximum absolute atomic E-state index is 11.8. The van der Waals surface area contributed by atoms with Crippen LogP contribution >= 0.6 is 0 Å². The van der Waals surface area contributed by atoms with Crippen molar-refractivity contribution in [1.29, 1.82) is 0 Å². The zero-order valence-corrected chi connectivity index (χ0v) is 12.7. The van der Waals surface area contributed by atoms with E-state index < -0.39 is 5.60 Å². The minimum Gasteiger partial charge on any atom is -0.388 e. The predicted molar refractivity (Wildman–Crippen MR) is 78.4 cm³/mol. The van der Waals surface area contributed by atoms with Gasteiger partial charge in [-0.25, -0.2) is 0 Å². The summed E-state index contributed by atoms with van der Waals surface area (Å²) in [4.78, 5) is 11.8. The molecule has 0 heterocycles. The first-order valence-corrected chi connectivity index (χ1v) is 8.20. The van der Waals surface area contributed by atoms with Crippen LogP contribution in [0, 0.1) is 5.92 Å². The lowest BCUT2D eigenvalue weighted by atomic mass is 9.85. The lowest BCUT2D eigenvalue weighted by Crippen LogP contribution is -2.45. The number of carbonyl (C=O) groups is 1. The Labute approximate surface area is 122 Å². The quantitative estimate of drug-likeness (QED) is 0.814. The molecule has 2 unspecified atom stereocenters. The molecule has 2 aliphatic rings. The van der Waals surface area contributed by atoms with Crippen LogP contribution in [-0.4, -0.2) is 35.9 Å². The number of hydrogen-bond donors (Lipinski definition) is 2. The van der Waals surface area contributed by atoms with Crippen LogP contribution in [-0.2, 0) is 9.53 Å². The molecule has 0 spiro atoms. The molecule has 20 heavy (non-hydrogen) atoms. The molecule has 2 saturated carbocycles. The van der Waals surface area contributed by atoms with Gasteiger partial charge in [-0.15, -0.1) is 0 Å². The Balaban J connectivity index is 1.64. The van der Waals surface area contributed by atoms with Gasteiger partial charge in [-0.1, -0.05) is 39.0 Å². The van der Waals surface area contributed by atoms with E-state index in [9.17, 15) is 9.90 Å². The Kier molecular flexibility index (Phi) is 5.85. The van der Waals surface area contributed by atoms with E-state index in [4.69, 9.17) is 4.74 Å². The molecule has 116 valence electrons. The zero-order valence-electron chi connectivity index (χ0n) is 12.7. The van der Waals surface area contributed by atoms with Gasteiger partial charge < -0.3 is 15.2 Å². The number of nitrogens with one attached hydrogen (secondary N) is 1. The summed E-state index contributed by atoms with van der Waals surface area (Å²) >= 11 is 0. The van der Waals surface area contributed by atoms with Crippen molar-refractivity contribution in [3.05, 3.63) is 0 Å². The van der Waals surface area contributed by atoms with E-state index in [2.05, 4.69) is 12.2 Å². The second-order valence-electron chi connectivity index (χ2n) is 6.67. The molecule has 0 radical (unpaired) electrons. The van der Waals surface area contributed by atoms with E-state index in [1.54, 1.807) is 0 Å². The SMILES string of the molecule is CC1CCCCC1OCC(=O)NCC1(O)CCCCC1. The molecule has 4 heteroatoms. The number of ether oxygens (including phenoxy) is 1. The van der Waals surface area contributed by atoms with Crippen LogP contribution in [0.2, 0.25) is 0 Å². The number of hydrogen-bond acceptors (Lipinski definition) is 3. The van der Waals surface area contributed by atoms with E-state index >= 15 is 0 Å². The first-order valence-electron chi connectivity index (χ1n) is 8.20. The van der Waals surface area contributed by atoms with E-state index in [1.165, 1.54) is 25.7 Å². The molecule has 4 nitrogen and oxygen atoms in total. The molecule has 2 aliphatic carbocycles. The van der Waals surface area contributed by atoms with Crippen LogP contribution in [0.1, 0.15) is 64.7 Å². The summed E-state index contributed by atoms with van der Waals surface area (Å²) in [5, 5.41) is 13.2. The Morgan fingerprint density at radius 2 is 1.90 bits per heavy atom. The van der Waals surface area contributed by atoms with Crippen molar-refractivity contribution in [2.45, 2.75) is 76.4 Å². The number of rotatable bonds is 5. The highest BCUT2D eigenvalue weighted by molar-refractivity contribution is 5.77. The van der Waals surface area contributed by atoms with E-state index in [-0.39, 0.29) is 18.6 Å². The lowest BCUT2D eigenvalue weighted by molar-refractivity contribution is -0.131. The fraction of sp³-hybridized carbons (Fsp3) is 0.938. The summed E-state index contributed by atoms with van der Waals surface area (Å²) in [6.07, 6.45) is 9.89. The normalized spacial score (nSPS) is 29.9. The largest absolute Gasteiger partial charge is 0.388 e. The van der Waals surface area contributed by atoms with Crippen LogP contribution in [0.15, 0.2) is 0 Å². The van der Waals surface area contributed by atoms with Crippen molar-refractivity contribution < 1.29 is 14.6 Å². The van der Waals surface area contributed by atoms with Gasteiger partial charge in [-0.2, -0.15) is 0 Å². The van der Waals surface area contributed by atoms with Gasteiger partial charge in [0.05, 0.1) is 11.7 Å². The molecule has 2 fully saturated rings. The summed E-state index contributed by atoms with van der Waals surface area (Å²) in [6.45, 7) is 2.70. The lowest BCUT2D eigenvalue weighted by Gasteiger charge is -2.32. The van der Waals surface area contributed by atoms with E-state index in [0.717, 1.165) is 32.1 Å². The maximum Gasteiger partial charge on any atom is 0.246 e. The molecular weight excluding hydrogens is 254 g/mol. The van der Waals surface area contributed by atoms with Crippen molar-refractivity contribution in [2.75, 3.05) is 13.2 Å². The molecule has 2 atom stereocenters. The minimum atomic E-state index is -0.688. The van der Waals surface area contributed by atoms with Crippen molar-refractivity contribution >= 4 is 5.91 Å². The Morgan fingerprint density at radius 3 is 2.60 bits per heavy atom. The Bertz CT molecular complexity index is 313. The van der Waals surface area contributed by atoms with Crippen molar-refractivity contribution in [1.82, 2.24) is 5.32 Å². The van der Waals surface area contributed by atoms with Gasteiger partial charge >= 0.3 is 0 Å². The third-order valence-corrected chi connectivity index (χ3v) is 4.86. The summed E-state index contributed by atoms with van der Waals surface area (Å²) in [7, 11) is 0. The molecule has 0 bridgehead atoms. The molecule has 1 amide bonds. The van der Waals surface area contributed by atoms with Crippen LogP contribution in [0.3, 0.4) is 0 Å². The van der Waals surface area contributed by atoms with Gasteiger partial charge in [-0.05, 0) is 31.6 Å². The first kappa shape index (κ1) is 15.8. The van der Waals surface area contributed by atoms with E-state index in [1.807, 2.05) is 0 Å². The standard InChI is InChI=1S/C16H29NO3/c1-13-7-3-4-8-14(13)20-11-15(18)17-12-16(19)9-5-2-6-10-16/h13-14,19H,2-12H2,1H3,(H,17,18). The van der Waals surface area contributed by atoms with Gasteiger partial charge in [0.1, 0.15) is 6.61 Å². The Hall–Kier alpha value is -0.610. The predicted octanol–water partition coefficient (Wildman–Crippen LogP) is 2.39. The fourth-order valence-corrected chi connectivity index (χ4v) is 3.41. The molecule has 0 aromatic heterocycles. The summed E-state index contributed by atoms with van der Waals surface area (Å²) in [5.41, 5.74) is -0.688. The summed E-state index contributed by atoms with van der Waals surface area (Å²) in [5.74, 6) is 0.459. The second-order valence-corrected chi connectivity index (χ2v) is 6.67. The van der Waals surface area contributed by atoms with Crippen LogP contribution < -0.4 is 5.32 Å². The topological polar surface area (TPSA) is 58.6 Å². The number of amides is 1. The zero-order chi connectivity index (χ0) is 14.4. The highest BCUT2D eigenvalue weighted by Crippen LogP contribution is 2.27. The molecule has 0 aromatic carbocycles. The molecule has 2 N–H and O–H groups in total. The minimum absolute atomic E-state index is 0.0956. The van der Waals surface area contributed by atoms with Gasteiger partial charge in [0.15, 0.2) is 0 Å². The third kappa shape index (κ3) is 4.74. The van der Waals surface area contributed by atoms with Crippen LogP contribution in [0.5, 0.6) is 0 Å². The molecule has 2 rings (SSSR count). The molecular formula is C16H29NO3. The number of aliphatic hydroxyl groups is 1. The monoisotopic (exact) mass is 283 g/mol. The van der Waals surface area contributed by atoms with E-state index in [0.29, 0.717) is 12.5 Å². The average Bonchev–Trinajstić information content (AvgIpc) is 2.45. The molecule has 0 saturated heterocycles. The third-order valence-electron chi connectivity index (χ3n) is 4.86. The number of carbonyl (C=O) groups excluding carboxylic acids is 1. The van der Waals surface area contributed by atoms with Crippen molar-refractivity contribution in [3.8, 4) is 0 Å². The Morgan fingerprint density at radius 1 is 1.20 bits per heavy atom. The highest BCUT2D eigenvalue weighted by atomic mass is 16.5. The van der Waals surface area contributed by atoms with Crippen molar-refractivity contribution in [2.24, 2.45) is 5.92 Å². The molecule has 0 aromatic rings. The van der Waals surface area contributed by atoms with Gasteiger partial charge in [0.2, 0.25) is 5.91 Å².